The van der Waals surface area contributed by atoms with E-state index in [9.17, 15) is 4.79 Å². The molecular formula is C11H17N3O2S. The highest BCUT2D eigenvalue weighted by Crippen LogP contribution is 2.13. The Hall–Kier alpha value is -1.14. The first-order valence-electron chi connectivity index (χ1n) is 5.74. The van der Waals surface area contributed by atoms with Crippen LogP contribution in [-0.2, 0) is 9.53 Å². The Bertz CT molecular complexity index is 460. The predicted octanol–water partition coefficient (Wildman–Crippen LogP) is 1.27. The van der Waals surface area contributed by atoms with Crippen LogP contribution in [0, 0.1) is 11.7 Å². The number of amides is 1. The second-order valence-corrected chi connectivity index (χ2v) is 4.65. The quantitative estimate of drug-likeness (QED) is 0.810. The van der Waals surface area contributed by atoms with E-state index >= 15 is 0 Å². The number of hydrogen-bond acceptors (Lipinski definition) is 3. The number of rotatable bonds is 2. The van der Waals surface area contributed by atoms with E-state index in [1.54, 1.807) is 0 Å². The number of nitrogens with one attached hydrogen (secondary N) is 1. The third kappa shape index (κ3) is 2.58. The fraction of sp³-hybridized carbons (Fsp3) is 0.636. The van der Waals surface area contributed by atoms with Crippen molar-refractivity contribution in [2.75, 3.05) is 26.3 Å². The predicted molar refractivity (Wildman–Crippen MR) is 66.5 cm³/mol. The molecule has 1 saturated heterocycles. The first kappa shape index (κ1) is 12.3. The van der Waals surface area contributed by atoms with Crippen LogP contribution in [-0.4, -0.2) is 46.7 Å². The lowest BCUT2D eigenvalue weighted by Crippen LogP contribution is -2.43. The molecule has 17 heavy (non-hydrogen) atoms. The Labute approximate surface area is 105 Å². The third-order valence-electron chi connectivity index (χ3n) is 2.97. The fourth-order valence-electron chi connectivity index (χ4n) is 1.99. The number of hydrogen-bond donors (Lipinski definition) is 1. The standard InChI is InChI=1S/C11H17N3O2S/c1-8-7-14(11(17)12-8)9(2)10(15)13-3-5-16-6-4-13/h7,9H,3-6H2,1-2H3,(H,12,17). The number of carbonyl (C=O) groups is 1. The second kappa shape index (κ2) is 5.01. The first-order valence-corrected chi connectivity index (χ1v) is 6.14. The molecule has 1 unspecified atom stereocenters. The molecule has 0 bridgehead atoms. The minimum Gasteiger partial charge on any atom is -0.378 e. The van der Waals surface area contributed by atoms with Crippen molar-refractivity contribution in [3.05, 3.63) is 16.7 Å². The molecule has 1 aliphatic heterocycles. The third-order valence-corrected chi connectivity index (χ3v) is 3.28. The molecule has 0 aromatic carbocycles. The zero-order valence-corrected chi connectivity index (χ0v) is 10.9. The molecule has 5 nitrogen and oxygen atoms in total. The highest BCUT2D eigenvalue weighted by atomic mass is 32.1. The summed E-state index contributed by atoms with van der Waals surface area (Å²) < 4.78 is 7.64. The van der Waals surface area contributed by atoms with E-state index in [-0.39, 0.29) is 11.9 Å². The van der Waals surface area contributed by atoms with E-state index in [0.29, 0.717) is 31.1 Å². The lowest BCUT2D eigenvalue weighted by atomic mass is 10.2. The van der Waals surface area contributed by atoms with Crippen LogP contribution in [0.3, 0.4) is 0 Å². The molecule has 2 heterocycles. The van der Waals surface area contributed by atoms with Gasteiger partial charge in [0.15, 0.2) is 4.77 Å². The summed E-state index contributed by atoms with van der Waals surface area (Å²) in [4.78, 5) is 17.1. The molecule has 6 heteroatoms. The number of morpholine rings is 1. The summed E-state index contributed by atoms with van der Waals surface area (Å²) in [5, 5.41) is 0. The van der Waals surface area contributed by atoms with Crippen molar-refractivity contribution in [1.29, 1.82) is 0 Å². The Kier molecular flexibility index (Phi) is 3.63. The van der Waals surface area contributed by atoms with Gasteiger partial charge in [-0.15, -0.1) is 0 Å². The molecule has 94 valence electrons. The number of ether oxygens (including phenoxy) is 1. The van der Waals surface area contributed by atoms with Gasteiger partial charge in [-0.05, 0) is 26.1 Å². The largest absolute Gasteiger partial charge is 0.378 e. The maximum Gasteiger partial charge on any atom is 0.245 e. The van der Waals surface area contributed by atoms with Crippen LogP contribution in [0.1, 0.15) is 18.7 Å². The number of imidazole rings is 1. The van der Waals surface area contributed by atoms with Gasteiger partial charge >= 0.3 is 0 Å². The Morgan fingerprint density at radius 2 is 2.18 bits per heavy atom. The molecule has 1 amide bonds. The number of aryl methyl sites for hydroxylation is 1. The molecule has 1 atom stereocenters. The number of aromatic amines is 1. The smallest absolute Gasteiger partial charge is 0.245 e. The summed E-state index contributed by atoms with van der Waals surface area (Å²) in [6.45, 7) is 6.38. The zero-order chi connectivity index (χ0) is 12.4. The highest BCUT2D eigenvalue weighted by molar-refractivity contribution is 7.71. The minimum atomic E-state index is -0.259. The van der Waals surface area contributed by atoms with Crippen LogP contribution in [0.4, 0.5) is 0 Å². The molecule has 1 aromatic heterocycles. The van der Waals surface area contributed by atoms with Gasteiger partial charge in [0.1, 0.15) is 6.04 Å². The Morgan fingerprint density at radius 3 is 2.71 bits per heavy atom. The molecule has 1 aromatic rings. The van der Waals surface area contributed by atoms with Crippen molar-refractivity contribution < 1.29 is 9.53 Å². The fourth-order valence-corrected chi connectivity index (χ4v) is 2.36. The van der Waals surface area contributed by atoms with Crippen molar-refractivity contribution in [3.63, 3.8) is 0 Å². The van der Waals surface area contributed by atoms with Crippen LogP contribution in [0.5, 0.6) is 0 Å². The van der Waals surface area contributed by atoms with Crippen molar-refractivity contribution in [2.24, 2.45) is 0 Å². The first-order chi connectivity index (χ1) is 8.09. The van der Waals surface area contributed by atoms with E-state index in [1.807, 2.05) is 29.5 Å². The average molecular weight is 255 g/mol. The average Bonchev–Trinajstić information content (AvgIpc) is 2.68. The van der Waals surface area contributed by atoms with E-state index in [2.05, 4.69) is 4.98 Å². The van der Waals surface area contributed by atoms with Crippen LogP contribution in [0.15, 0.2) is 6.20 Å². The van der Waals surface area contributed by atoms with Crippen molar-refractivity contribution in [2.45, 2.75) is 19.9 Å². The van der Waals surface area contributed by atoms with Gasteiger partial charge < -0.3 is 19.2 Å². The topological polar surface area (TPSA) is 50.3 Å². The minimum absolute atomic E-state index is 0.100. The zero-order valence-electron chi connectivity index (χ0n) is 10.1. The van der Waals surface area contributed by atoms with Gasteiger partial charge in [0.2, 0.25) is 5.91 Å². The molecular weight excluding hydrogens is 238 g/mol. The second-order valence-electron chi connectivity index (χ2n) is 4.26. The molecule has 1 aliphatic rings. The lowest BCUT2D eigenvalue weighted by Gasteiger charge is -2.29. The summed E-state index contributed by atoms with van der Waals surface area (Å²) in [6.07, 6.45) is 1.88. The number of H-pyrrole nitrogens is 1. The monoisotopic (exact) mass is 255 g/mol. The van der Waals surface area contributed by atoms with Gasteiger partial charge in [-0.2, -0.15) is 0 Å². The molecule has 0 radical (unpaired) electrons. The molecule has 1 N–H and O–H groups in total. The van der Waals surface area contributed by atoms with Gasteiger partial charge in [-0.25, -0.2) is 0 Å². The number of carbonyl (C=O) groups excluding carboxylic acids is 1. The number of aromatic nitrogens is 2. The normalized spacial score (nSPS) is 18.1. The van der Waals surface area contributed by atoms with E-state index in [4.69, 9.17) is 17.0 Å². The van der Waals surface area contributed by atoms with Crippen molar-refractivity contribution in [3.8, 4) is 0 Å². The summed E-state index contributed by atoms with van der Waals surface area (Å²) >= 11 is 5.18. The van der Waals surface area contributed by atoms with Gasteiger partial charge in [0.25, 0.3) is 0 Å². The highest BCUT2D eigenvalue weighted by Gasteiger charge is 2.23. The molecule has 2 rings (SSSR count). The van der Waals surface area contributed by atoms with Crippen LogP contribution in [0.2, 0.25) is 0 Å². The van der Waals surface area contributed by atoms with Gasteiger partial charge in [0, 0.05) is 25.0 Å². The Morgan fingerprint density at radius 1 is 1.53 bits per heavy atom. The lowest BCUT2D eigenvalue weighted by molar-refractivity contribution is -0.138. The van der Waals surface area contributed by atoms with Crippen molar-refractivity contribution >= 4 is 18.1 Å². The van der Waals surface area contributed by atoms with E-state index < -0.39 is 0 Å². The Balaban J connectivity index is 2.13. The maximum atomic E-state index is 12.2. The summed E-state index contributed by atoms with van der Waals surface area (Å²) in [6, 6.07) is -0.259. The maximum absolute atomic E-state index is 12.2. The van der Waals surface area contributed by atoms with E-state index in [1.165, 1.54) is 0 Å². The van der Waals surface area contributed by atoms with Crippen LogP contribution in [0.25, 0.3) is 0 Å². The SMILES string of the molecule is Cc1cn(C(C)C(=O)N2CCOCC2)c(=S)[nH]1. The molecule has 0 saturated carbocycles. The summed E-state index contributed by atoms with van der Waals surface area (Å²) in [5.74, 6) is 0.100. The van der Waals surface area contributed by atoms with Crippen LogP contribution >= 0.6 is 12.2 Å². The van der Waals surface area contributed by atoms with Gasteiger partial charge in [-0.3, -0.25) is 4.79 Å². The summed E-state index contributed by atoms with van der Waals surface area (Å²) in [5.41, 5.74) is 0.969. The van der Waals surface area contributed by atoms with Crippen molar-refractivity contribution in [1.82, 2.24) is 14.5 Å². The van der Waals surface area contributed by atoms with E-state index in [0.717, 1.165) is 5.69 Å². The number of nitrogens with zero attached hydrogens (tertiary/aromatic N) is 2. The molecule has 1 fully saturated rings. The van der Waals surface area contributed by atoms with Gasteiger partial charge in [-0.1, -0.05) is 0 Å². The molecule has 0 spiro atoms. The van der Waals surface area contributed by atoms with Crippen LogP contribution < -0.4 is 0 Å². The summed E-state index contributed by atoms with van der Waals surface area (Å²) in [7, 11) is 0. The van der Waals surface area contributed by atoms with Gasteiger partial charge in [0.05, 0.1) is 13.2 Å². The molecule has 0 aliphatic carbocycles.